The summed E-state index contributed by atoms with van der Waals surface area (Å²) >= 11 is 0. The van der Waals surface area contributed by atoms with Crippen molar-refractivity contribution < 1.29 is 23.1 Å². The van der Waals surface area contributed by atoms with E-state index in [1.807, 2.05) is 0 Å². The Hall–Kier alpha value is -3.75. The van der Waals surface area contributed by atoms with Gasteiger partial charge in [-0.15, -0.1) is 0 Å². The first-order valence-corrected chi connectivity index (χ1v) is 8.47. The van der Waals surface area contributed by atoms with Crippen molar-refractivity contribution in [2.45, 2.75) is 13.1 Å². The summed E-state index contributed by atoms with van der Waals surface area (Å²) in [5.41, 5.74) is 0.453. The van der Waals surface area contributed by atoms with Crippen LogP contribution in [0.5, 0.6) is 0 Å². The minimum absolute atomic E-state index is 0.0345. The Kier molecular flexibility index (Phi) is 4.30. The summed E-state index contributed by atoms with van der Waals surface area (Å²) in [6.45, 7) is 1.48. The second-order valence-electron chi connectivity index (χ2n) is 6.34. The van der Waals surface area contributed by atoms with E-state index in [1.54, 1.807) is 12.1 Å². The Balaban J connectivity index is 2.01. The van der Waals surface area contributed by atoms with Gasteiger partial charge in [0.05, 0.1) is 33.6 Å². The minimum Gasteiger partial charge on any atom is -0.478 e. The van der Waals surface area contributed by atoms with E-state index in [9.17, 15) is 18.0 Å². The second-order valence-corrected chi connectivity index (χ2v) is 6.34. The number of alkyl halides is 3. The fraction of sp³-hybridized carbons (Fsp3) is 0.100. The summed E-state index contributed by atoms with van der Waals surface area (Å²) in [7, 11) is 0. The van der Waals surface area contributed by atoms with E-state index in [2.05, 4.69) is 15.1 Å². The van der Waals surface area contributed by atoms with Gasteiger partial charge in [0.2, 0.25) is 0 Å². The summed E-state index contributed by atoms with van der Waals surface area (Å²) in [4.78, 5) is 19.4. The van der Waals surface area contributed by atoms with Crippen molar-refractivity contribution in [2.24, 2.45) is 0 Å². The van der Waals surface area contributed by atoms with Crippen molar-refractivity contribution in [2.75, 3.05) is 0 Å². The standard InChI is InChI=1S/C20H13F3N4O2/c1-11-17-15(20(21,22)23)10-16(12-6-8-24-9-7-12)25-18(17)27(26-11)14-4-2-13(3-5-14)19(28)29/h2-10H,1H3,(H,28,29). The van der Waals surface area contributed by atoms with E-state index in [0.29, 0.717) is 11.3 Å². The summed E-state index contributed by atoms with van der Waals surface area (Å²) in [6.07, 6.45) is -1.65. The van der Waals surface area contributed by atoms with Gasteiger partial charge in [-0.25, -0.2) is 14.5 Å². The monoisotopic (exact) mass is 398 g/mol. The maximum Gasteiger partial charge on any atom is 0.417 e. The number of carboxylic acid groups (broad SMARTS) is 1. The number of carboxylic acids is 1. The van der Waals surface area contributed by atoms with Gasteiger partial charge in [-0.05, 0) is 49.4 Å². The first-order chi connectivity index (χ1) is 13.8. The lowest BCUT2D eigenvalue weighted by Gasteiger charge is -2.12. The van der Waals surface area contributed by atoms with E-state index >= 15 is 0 Å². The van der Waals surface area contributed by atoms with Crippen LogP contribution in [-0.4, -0.2) is 30.8 Å². The van der Waals surface area contributed by atoms with Crippen LogP contribution >= 0.6 is 0 Å². The Labute approximate surface area is 162 Å². The number of fused-ring (bicyclic) bond motifs is 1. The lowest BCUT2D eigenvalue weighted by molar-refractivity contribution is -0.136. The molecule has 0 fully saturated rings. The van der Waals surface area contributed by atoms with Gasteiger partial charge < -0.3 is 5.11 Å². The van der Waals surface area contributed by atoms with Gasteiger partial charge in [0.25, 0.3) is 0 Å². The number of aromatic nitrogens is 4. The van der Waals surface area contributed by atoms with Gasteiger partial charge in [-0.1, -0.05) is 0 Å². The van der Waals surface area contributed by atoms with Crippen LogP contribution in [0.1, 0.15) is 21.6 Å². The molecule has 0 aliphatic carbocycles. The van der Waals surface area contributed by atoms with Gasteiger partial charge >= 0.3 is 12.1 Å². The summed E-state index contributed by atoms with van der Waals surface area (Å²) < 4.78 is 42.7. The lowest BCUT2D eigenvalue weighted by atomic mass is 10.1. The molecule has 3 aromatic heterocycles. The van der Waals surface area contributed by atoms with Crippen molar-refractivity contribution >= 4 is 17.0 Å². The zero-order valence-electron chi connectivity index (χ0n) is 15.0. The molecule has 3 heterocycles. The number of benzene rings is 1. The zero-order chi connectivity index (χ0) is 20.8. The van der Waals surface area contributed by atoms with Crippen molar-refractivity contribution in [1.82, 2.24) is 19.7 Å². The number of hydrogen-bond donors (Lipinski definition) is 1. The van der Waals surface area contributed by atoms with Gasteiger partial charge in [0, 0.05) is 18.0 Å². The van der Waals surface area contributed by atoms with E-state index in [0.717, 1.165) is 6.07 Å². The molecule has 0 amide bonds. The number of aromatic carboxylic acids is 1. The van der Waals surface area contributed by atoms with Gasteiger partial charge in [0.1, 0.15) is 0 Å². The molecule has 0 saturated carbocycles. The van der Waals surface area contributed by atoms with E-state index in [4.69, 9.17) is 5.11 Å². The molecule has 0 spiro atoms. The minimum atomic E-state index is -4.60. The maximum absolute atomic E-state index is 13.8. The smallest absolute Gasteiger partial charge is 0.417 e. The Morgan fingerprint density at radius 1 is 1.07 bits per heavy atom. The molecule has 0 bridgehead atoms. The summed E-state index contributed by atoms with van der Waals surface area (Å²) in [5, 5.41) is 13.2. The number of carbonyl (C=O) groups is 1. The van der Waals surface area contributed by atoms with Crippen molar-refractivity contribution in [3.63, 3.8) is 0 Å². The lowest BCUT2D eigenvalue weighted by Crippen LogP contribution is -2.08. The van der Waals surface area contributed by atoms with Gasteiger partial charge in [0.15, 0.2) is 5.65 Å². The zero-order valence-corrected chi connectivity index (χ0v) is 15.0. The molecular weight excluding hydrogens is 385 g/mol. The largest absolute Gasteiger partial charge is 0.478 e. The van der Waals surface area contributed by atoms with Crippen molar-refractivity contribution in [3.8, 4) is 16.9 Å². The SMILES string of the molecule is Cc1nn(-c2ccc(C(=O)O)cc2)c2nc(-c3ccncc3)cc(C(F)(F)F)c12. The van der Waals surface area contributed by atoms with Gasteiger partial charge in [-0.2, -0.15) is 18.3 Å². The molecule has 29 heavy (non-hydrogen) atoms. The third kappa shape index (κ3) is 3.31. The highest BCUT2D eigenvalue weighted by atomic mass is 19.4. The van der Waals surface area contributed by atoms with Crippen LogP contribution < -0.4 is 0 Å². The molecule has 1 aromatic carbocycles. The van der Waals surface area contributed by atoms with Crippen LogP contribution in [-0.2, 0) is 6.18 Å². The molecule has 146 valence electrons. The van der Waals surface area contributed by atoms with Crippen LogP contribution in [0.2, 0.25) is 0 Å². The molecule has 9 heteroatoms. The van der Waals surface area contributed by atoms with E-state index < -0.39 is 17.7 Å². The fourth-order valence-corrected chi connectivity index (χ4v) is 3.11. The van der Waals surface area contributed by atoms with Crippen LogP contribution in [0.15, 0.2) is 54.9 Å². The third-order valence-electron chi connectivity index (χ3n) is 4.45. The van der Waals surface area contributed by atoms with Crippen LogP contribution in [0.3, 0.4) is 0 Å². The first kappa shape index (κ1) is 18.6. The van der Waals surface area contributed by atoms with Crippen LogP contribution in [0.4, 0.5) is 13.2 Å². The fourth-order valence-electron chi connectivity index (χ4n) is 3.11. The van der Waals surface area contributed by atoms with Crippen molar-refractivity contribution in [3.05, 3.63) is 71.7 Å². The number of aryl methyl sites for hydroxylation is 1. The molecule has 0 radical (unpaired) electrons. The number of pyridine rings is 2. The molecule has 0 aliphatic heterocycles. The third-order valence-corrected chi connectivity index (χ3v) is 4.45. The summed E-state index contributed by atoms with van der Waals surface area (Å²) in [6, 6.07) is 9.82. The van der Waals surface area contributed by atoms with E-state index in [-0.39, 0.29) is 28.0 Å². The molecule has 1 N–H and O–H groups in total. The highest BCUT2D eigenvalue weighted by molar-refractivity contribution is 5.89. The molecule has 0 unspecified atom stereocenters. The van der Waals surface area contributed by atoms with E-state index in [1.165, 1.54) is 48.3 Å². The Morgan fingerprint density at radius 3 is 2.31 bits per heavy atom. The topological polar surface area (TPSA) is 80.9 Å². The molecule has 4 aromatic rings. The number of nitrogens with zero attached hydrogens (tertiary/aromatic N) is 4. The first-order valence-electron chi connectivity index (χ1n) is 8.47. The normalized spacial score (nSPS) is 11.7. The molecule has 6 nitrogen and oxygen atoms in total. The van der Waals surface area contributed by atoms with Crippen molar-refractivity contribution in [1.29, 1.82) is 0 Å². The maximum atomic E-state index is 13.8. The summed E-state index contributed by atoms with van der Waals surface area (Å²) in [5.74, 6) is -1.10. The molecule has 0 saturated heterocycles. The highest BCUT2D eigenvalue weighted by Crippen LogP contribution is 2.38. The van der Waals surface area contributed by atoms with Gasteiger partial charge in [-0.3, -0.25) is 4.98 Å². The molecule has 0 aliphatic rings. The highest BCUT2D eigenvalue weighted by Gasteiger charge is 2.35. The second kappa shape index (κ2) is 6.69. The quantitative estimate of drug-likeness (QED) is 0.549. The Morgan fingerprint density at radius 2 is 1.72 bits per heavy atom. The predicted molar refractivity (Wildman–Crippen MR) is 98.8 cm³/mol. The number of hydrogen-bond acceptors (Lipinski definition) is 4. The van der Waals surface area contributed by atoms with Crippen LogP contribution in [0.25, 0.3) is 28.0 Å². The number of halogens is 3. The molecule has 4 rings (SSSR count). The van der Waals surface area contributed by atoms with Crippen LogP contribution in [0, 0.1) is 6.92 Å². The number of rotatable bonds is 3. The average Bonchev–Trinajstić information content (AvgIpc) is 3.04. The Bertz CT molecular complexity index is 1220. The molecule has 0 atom stereocenters. The average molecular weight is 398 g/mol. The molecular formula is C20H13F3N4O2. The predicted octanol–water partition coefficient (Wildman–Crippen LogP) is 4.51.